The van der Waals surface area contributed by atoms with Crippen molar-refractivity contribution in [3.8, 4) is 17.1 Å². The molecule has 3 aromatic rings. The fraction of sp³-hybridized carbons (Fsp3) is 0.333. The van der Waals surface area contributed by atoms with Gasteiger partial charge in [0.1, 0.15) is 5.75 Å². The molecule has 2 aromatic carbocycles. The van der Waals surface area contributed by atoms with Gasteiger partial charge in [0.15, 0.2) is 11.0 Å². The van der Waals surface area contributed by atoms with Crippen molar-refractivity contribution in [2.24, 2.45) is 0 Å². The van der Waals surface area contributed by atoms with Crippen molar-refractivity contribution in [1.82, 2.24) is 14.8 Å². The average Bonchev–Trinajstić information content (AvgIpc) is 3.39. The normalized spacial score (nSPS) is 14.2. The molecule has 0 atom stereocenters. The first kappa shape index (κ1) is 19.8. The van der Waals surface area contributed by atoms with E-state index in [-0.39, 0.29) is 0 Å². The molecular weight excluding hydrogens is 378 g/mol. The first-order valence-corrected chi connectivity index (χ1v) is 11.2. The van der Waals surface area contributed by atoms with Gasteiger partial charge in [-0.2, -0.15) is 0 Å². The van der Waals surface area contributed by atoms with E-state index in [0.717, 1.165) is 40.9 Å². The maximum atomic E-state index is 6.08. The van der Waals surface area contributed by atoms with Crippen LogP contribution in [0, 0.1) is 6.92 Å². The van der Waals surface area contributed by atoms with Crippen LogP contribution in [0.25, 0.3) is 11.4 Å². The third kappa shape index (κ3) is 4.73. The molecule has 1 aliphatic carbocycles. The summed E-state index contributed by atoms with van der Waals surface area (Å²) in [7, 11) is 0. The highest BCUT2D eigenvalue weighted by Gasteiger charge is 2.17. The first-order chi connectivity index (χ1) is 14.2. The maximum Gasteiger partial charge on any atom is 0.192 e. The monoisotopic (exact) mass is 405 g/mol. The number of thioether (sulfide) groups is 1. The lowest BCUT2D eigenvalue weighted by Crippen LogP contribution is -2.10. The Balaban J connectivity index is 1.51. The van der Waals surface area contributed by atoms with E-state index in [1.165, 1.54) is 24.0 Å². The Morgan fingerprint density at radius 1 is 1.10 bits per heavy atom. The van der Waals surface area contributed by atoms with Crippen LogP contribution in [0.5, 0.6) is 5.75 Å². The van der Waals surface area contributed by atoms with Gasteiger partial charge in [-0.1, -0.05) is 42.1 Å². The second-order valence-electron chi connectivity index (χ2n) is 7.47. The summed E-state index contributed by atoms with van der Waals surface area (Å²) >= 11 is 1.71. The van der Waals surface area contributed by atoms with Gasteiger partial charge in [0.05, 0.1) is 6.10 Å². The molecule has 1 aliphatic rings. The predicted octanol–water partition coefficient (Wildman–Crippen LogP) is 6.05. The van der Waals surface area contributed by atoms with Crippen LogP contribution in [0.4, 0.5) is 0 Å². The quantitative estimate of drug-likeness (QED) is 0.338. The smallest absolute Gasteiger partial charge is 0.192 e. The van der Waals surface area contributed by atoms with Crippen LogP contribution in [0.15, 0.2) is 66.3 Å². The topological polar surface area (TPSA) is 39.9 Å². The first-order valence-electron chi connectivity index (χ1n) is 10.2. The molecule has 0 bridgehead atoms. The predicted molar refractivity (Wildman–Crippen MR) is 119 cm³/mol. The minimum atomic E-state index is 0.370. The lowest BCUT2D eigenvalue weighted by Gasteiger charge is -2.13. The van der Waals surface area contributed by atoms with Crippen molar-refractivity contribution >= 4 is 11.8 Å². The van der Waals surface area contributed by atoms with Crippen molar-refractivity contribution in [3.05, 3.63) is 72.3 Å². The van der Waals surface area contributed by atoms with E-state index >= 15 is 0 Å². The number of nitrogens with zero attached hydrogens (tertiary/aromatic N) is 3. The number of aromatic nitrogens is 3. The minimum Gasteiger partial charge on any atom is -0.490 e. The molecule has 0 saturated heterocycles. The number of benzene rings is 2. The van der Waals surface area contributed by atoms with Crippen LogP contribution < -0.4 is 4.74 Å². The summed E-state index contributed by atoms with van der Waals surface area (Å²) in [5.41, 5.74) is 3.66. The van der Waals surface area contributed by atoms with Crippen LogP contribution >= 0.6 is 11.8 Å². The summed E-state index contributed by atoms with van der Waals surface area (Å²) in [5.74, 6) is 2.67. The molecule has 5 heteroatoms. The van der Waals surface area contributed by atoms with Gasteiger partial charge < -0.3 is 4.74 Å². The van der Waals surface area contributed by atoms with Gasteiger partial charge in [-0.15, -0.1) is 16.8 Å². The number of hydrogen-bond acceptors (Lipinski definition) is 4. The molecule has 1 heterocycles. The van der Waals surface area contributed by atoms with Gasteiger partial charge in [0.2, 0.25) is 0 Å². The van der Waals surface area contributed by atoms with Gasteiger partial charge in [-0.25, -0.2) is 0 Å². The number of hydrogen-bond donors (Lipinski definition) is 0. The molecule has 0 aliphatic heterocycles. The van der Waals surface area contributed by atoms with Crippen molar-refractivity contribution < 1.29 is 4.74 Å². The summed E-state index contributed by atoms with van der Waals surface area (Å²) in [6, 6.07) is 16.7. The summed E-state index contributed by atoms with van der Waals surface area (Å²) in [4.78, 5) is 0. The third-order valence-corrected chi connectivity index (χ3v) is 6.38. The summed E-state index contributed by atoms with van der Waals surface area (Å²) in [6.07, 6.45) is 7.14. The van der Waals surface area contributed by atoms with Gasteiger partial charge in [0, 0.05) is 17.9 Å². The zero-order valence-electron chi connectivity index (χ0n) is 16.9. The number of rotatable bonds is 8. The van der Waals surface area contributed by atoms with Gasteiger partial charge >= 0.3 is 0 Å². The molecule has 0 unspecified atom stereocenters. The van der Waals surface area contributed by atoms with Crippen molar-refractivity contribution in [3.63, 3.8) is 0 Å². The fourth-order valence-electron chi connectivity index (χ4n) is 3.70. The molecule has 1 fully saturated rings. The van der Waals surface area contributed by atoms with E-state index in [4.69, 9.17) is 4.74 Å². The molecule has 1 saturated carbocycles. The van der Waals surface area contributed by atoms with E-state index in [1.54, 1.807) is 11.8 Å². The Labute approximate surface area is 177 Å². The SMILES string of the molecule is C=CCn1c(SCc2ccccc2C)nnc1-c1ccc(OC2CCCC2)cc1. The number of aryl methyl sites for hydroxylation is 1. The standard InChI is InChI=1S/C24H27N3OS/c1-3-16-27-23(19-12-14-22(15-13-19)28-21-10-6-7-11-21)25-26-24(27)29-17-20-9-5-4-8-18(20)2/h3-5,8-9,12-15,21H,1,6-7,10-11,16-17H2,2H3. The second kappa shape index (κ2) is 9.31. The molecule has 0 N–H and O–H groups in total. The fourth-order valence-corrected chi connectivity index (χ4v) is 4.72. The highest BCUT2D eigenvalue weighted by molar-refractivity contribution is 7.98. The van der Waals surface area contributed by atoms with E-state index in [1.807, 2.05) is 18.2 Å². The third-order valence-electron chi connectivity index (χ3n) is 5.36. The average molecular weight is 406 g/mol. The molecule has 4 rings (SSSR count). The van der Waals surface area contributed by atoms with Crippen LogP contribution in [-0.4, -0.2) is 20.9 Å². The molecule has 4 nitrogen and oxygen atoms in total. The largest absolute Gasteiger partial charge is 0.490 e. The maximum absolute atomic E-state index is 6.08. The zero-order chi connectivity index (χ0) is 20.1. The molecule has 0 spiro atoms. The van der Waals surface area contributed by atoms with Crippen LogP contribution in [0.3, 0.4) is 0 Å². The van der Waals surface area contributed by atoms with Crippen molar-refractivity contribution in [2.75, 3.05) is 0 Å². The Bertz CT molecular complexity index is 959. The molecule has 150 valence electrons. The Morgan fingerprint density at radius 2 is 1.86 bits per heavy atom. The molecule has 0 amide bonds. The number of ether oxygens (including phenoxy) is 1. The van der Waals surface area contributed by atoms with Gasteiger partial charge in [-0.3, -0.25) is 4.57 Å². The van der Waals surface area contributed by atoms with Gasteiger partial charge in [0.25, 0.3) is 0 Å². The van der Waals surface area contributed by atoms with Gasteiger partial charge in [-0.05, 0) is 68.0 Å². The molecule has 1 aromatic heterocycles. The Morgan fingerprint density at radius 3 is 2.59 bits per heavy atom. The van der Waals surface area contributed by atoms with E-state index < -0.39 is 0 Å². The molecular formula is C24H27N3OS. The van der Waals surface area contributed by atoms with E-state index in [9.17, 15) is 0 Å². The molecule has 29 heavy (non-hydrogen) atoms. The van der Waals surface area contributed by atoms with Crippen LogP contribution in [0.1, 0.15) is 36.8 Å². The van der Waals surface area contributed by atoms with Crippen LogP contribution in [-0.2, 0) is 12.3 Å². The highest BCUT2D eigenvalue weighted by Crippen LogP contribution is 2.29. The van der Waals surface area contributed by atoms with E-state index in [0.29, 0.717) is 12.6 Å². The number of allylic oxidation sites excluding steroid dienone is 1. The molecule has 0 radical (unpaired) electrons. The summed E-state index contributed by atoms with van der Waals surface area (Å²) < 4.78 is 8.21. The summed E-state index contributed by atoms with van der Waals surface area (Å²) in [5, 5.41) is 9.85. The lowest BCUT2D eigenvalue weighted by atomic mass is 10.1. The van der Waals surface area contributed by atoms with Crippen molar-refractivity contribution in [1.29, 1.82) is 0 Å². The Kier molecular flexibility index (Phi) is 6.35. The highest BCUT2D eigenvalue weighted by atomic mass is 32.2. The lowest BCUT2D eigenvalue weighted by molar-refractivity contribution is 0.210. The zero-order valence-corrected chi connectivity index (χ0v) is 17.7. The summed E-state index contributed by atoms with van der Waals surface area (Å²) in [6.45, 7) is 6.73. The van der Waals surface area contributed by atoms with E-state index in [2.05, 4.69) is 64.7 Å². The Hall–Kier alpha value is -2.53. The minimum absolute atomic E-state index is 0.370. The second-order valence-corrected chi connectivity index (χ2v) is 8.41. The van der Waals surface area contributed by atoms with Crippen LogP contribution in [0.2, 0.25) is 0 Å². The van der Waals surface area contributed by atoms with Crippen molar-refractivity contribution in [2.45, 2.75) is 56.2 Å².